The maximum atomic E-state index is 12.2. The van der Waals surface area contributed by atoms with Gasteiger partial charge in [0.25, 0.3) is 5.91 Å². The van der Waals surface area contributed by atoms with E-state index >= 15 is 0 Å². The summed E-state index contributed by atoms with van der Waals surface area (Å²) < 4.78 is 16.4. The Bertz CT molecular complexity index is 789. The van der Waals surface area contributed by atoms with Crippen LogP contribution in [0.1, 0.15) is 43.1 Å². The number of carbonyl (C=O) groups is 2. The Kier molecular flexibility index (Phi) is 8.68. The predicted octanol–water partition coefficient (Wildman–Crippen LogP) is 3.74. The number of amides is 1. The molecule has 0 heterocycles. The van der Waals surface area contributed by atoms with E-state index in [2.05, 4.69) is 5.32 Å². The highest BCUT2D eigenvalue weighted by Gasteiger charge is 2.17. The van der Waals surface area contributed by atoms with Gasteiger partial charge in [-0.1, -0.05) is 36.4 Å². The van der Waals surface area contributed by atoms with Crippen molar-refractivity contribution < 1.29 is 23.8 Å². The molecule has 29 heavy (non-hydrogen) atoms. The van der Waals surface area contributed by atoms with Gasteiger partial charge in [0.1, 0.15) is 12.4 Å². The van der Waals surface area contributed by atoms with Gasteiger partial charge in [-0.15, -0.1) is 0 Å². The number of hydrogen-bond donors (Lipinski definition) is 1. The SMILES string of the molecule is CCOC(C)(C)CCNC(=O)COc1cccc(C(=O)OCc2ccccc2)c1. The fourth-order valence-electron chi connectivity index (χ4n) is 2.69. The zero-order chi connectivity index (χ0) is 21.1. The molecule has 2 aromatic carbocycles. The van der Waals surface area contributed by atoms with Crippen LogP contribution in [0.3, 0.4) is 0 Å². The van der Waals surface area contributed by atoms with Gasteiger partial charge in [-0.2, -0.15) is 0 Å². The molecule has 0 radical (unpaired) electrons. The Labute approximate surface area is 172 Å². The topological polar surface area (TPSA) is 73.9 Å². The van der Waals surface area contributed by atoms with E-state index in [0.717, 1.165) is 5.56 Å². The van der Waals surface area contributed by atoms with Crippen LogP contribution in [-0.4, -0.2) is 37.2 Å². The summed E-state index contributed by atoms with van der Waals surface area (Å²) in [7, 11) is 0. The first-order chi connectivity index (χ1) is 13.9. The molecule has 0 bridgehead atoms. The molecule has 1 N–H and O–H groups in total. The summed E-state index contributed by atoms with van der Waals surface area (Å²) in [5.74, 6) is -0.236. The summed E-state index contributed by atoms with van der Waals surface area (Å²) in [4.78, 5) is 24.2. The van der Waals surface area contributed by atoms with Crippen LogP contribution in [0.4, 0.5) is 0 Å². The zero-order valence-corrected chi connectivity index (χ0v) is 17.3. The Morgan fingerprint density at radius 3 is 2.52 bits per heavy atom. The highest BCUT2D eigenvalue weighted by molar-refractivity contribution is 5.89. The van der Waals surface area contributed by atoms with Crippen molar-refractivity contribution in [2.24, 2.45) is 0 Å². The van der Waals surface area contributed by atoms with Gasteiger partial charge in [0.05, 0.1) is 11.2 Å². The summed E-state index contributed by atoms with van der Waals surface area (Å²) >= 11 is 0. The summed E-state index contributed by atoms with van der Waals surface area (Å²) in [5.41, 5.74) is 1.01. The molecule has 0 aliphatic carbocycles. The van der Waals surface area contributed by atoms with Gasteiger partial charge in [-0.25, -0.2) is 4.79 Å². The average molecular weight is 399 g/mol. The van der Waals surface area contributed by atoms with Crippen LogP contribution in [0.15, 0.2) is 54.6 Å². The Morgan fingerprint density at radius 2 is 1.79 bits per heavy atom. The van der Waals surface area contributed by atoms with Crippen molar-refractivity contribution in [3.8, 4) is 5.75 Å². The van der Waals surface area contributed by atoms with Crippen molar-refractivity contribution in [2.45, 2.75) is 39.4 Å². The second kappa shape index (κ2) is 11.2. The molecule has 1 amide bonds. The molecule has 2 rings (SSSR count). The minimum absolute atomic E-state index is 0.127. The Balaban J connectivity index is 1.77. The maximum Gasteiger partial charge on any atom is 0.338 e. The molecule has 0 fully saturated rings. The van der Waals surface area contributed by atoms with Gasteiger partial charge >= 0.3 is 5.97 Å². The number of rotatable bonds is 11. The van der Waals surface area contributed by atoms with Crippen LogP contribution in [0, 0.1) is 0 Å². The lowest BCUT2D eigenvalue weighted by atomic mass is 10.1. The van der Waals surface area contributed by atoms with Crippen molar-refractivity contribution in [2.75, 3.05) is 19.8 Å². The third kappa shape index (κ3) is 8.35. The molecule has 0 aliphatic heterocycles. The number of nitrogens with one attached hydrogen (secondary N) is 1. The van der Waals surface area contributed by atoms with E-state index in [9.17, 15) is 9.59 Å². The molecule has 156 valence electrons. The molecule has 0 atom stereocenters. The molecule has 6 heteroatoms. The van der Waals surface area contributed by atoms with Crippen LogP contribution >= 0.6 is 0 Å². The first-order valence-corrected chi connectivity index (χ1v) is 9.74. The van der Waals surface area contributed by atoms with Crippen LogP contribution in [0.5, 0.6) is 5.75 Å². The molecule has 6 nitrogen and oxygen atoms in total. The Hall–Kier alpha value is -2.86. The van der Waals surface area contributed by atoms with Crippen molar-refractivity contribution >= 4 is 11.9 Å². The van der Waals surface area contributed by atoms with Crippen LogP contribution in [0.25, 0.3) is 0 Å². The third-order valence-corrected chi connectivity index (χ3v) is 4.24. The summed E-state index contributed by atoms with van der Waals surface area (Å²) in [6.45, 7) is 7.13. The molecular formula is C23H29NO5. The van der Waals surface area contributed by atoms with E-state index in [1.165, 1.54) is 0 Å². The maximum absolute atomic E-state index is 12.2. The molecule has 2 aromatic rings. The van der Waals surface area contributed by atoms with Gasteiger partial charge in [0, 0.05) is 13.2 Å². The number of esters is 1. The fourth-order valence-corrected chi connectivity index (χ4v) is 2.69. The Morgan fingerprint density at radius 1 is 1.03 bits per heavy atom. The highest BCUT2D eigenvalue weighted by Crippen LogP contribution is 2.15. The van der Waals surface area contributed by atoms with Gasteiger partial charge in [-0.3, -0.25) is 4.79 Å². The summed E-state index contributed by atoms with van der Waals surface area (Å²) in [5, 5.41) is 2.81. The van der Waals surface area contributed by atoms with Crippen molar-refractivity contribution in [1.82, 2.24) is 5.32 Å². The van der Waals surface area contributed by atoms with Gasteiger partial charge in [0.15, 0.2) is 6.61 Å². The van der Waals surface area contributed by atoms with E-state index in [-0.39, 0.29) is 24.7 Å². The summed E-state index contributed by atoms with van der Waals surface area (Å²) in [6, 6.07) is 16.1. The van der Waals surface area contributed by atoms with Crippen molar-refractivity contribution in [3.63, 3.8) is 0 Å². The average Bonchev–Trinajstić information content (AvgIpc) is 2.71. The number of carbonyl (C=O) groups excluding carboxylic acids is 2. The molecule has 0 aromatic heterocycles. The largest absolute Gasteiger partial charge is 0.484 e. The van der Waals surface area contributed by atoms with Crippen LogP contribution in [-0.2, 0) is 20.9 Å². The highest BCUT2D eigenvalue weighted by atomic mass is 16.5. The fraction of sp³-hybridized carbons (Fsp3) is 0.391. The van der Waals surface area contributed by atoms with Crippen LogP contribution < -0.4 is 10.1 Å². The zero-order valence-electron chi connectivity index (χ0n) is 17.3. The van der Waals surface area contributed by atoms with E-state index in [0.29, 0.717) is 30.9 Å². The molecular weight excluding hydrogens is 370 g/mol. The lowest BCUT2D eigenvalue weighted by Gasteiger charge is -2.24. The van der Waals surface area contributed by atoms with Gasteiger partial charge in [0.2, 0.25) is 0 Å². The van der Waals surface area contributed by atoms with E-state index < -0.39 is 5.97 Å². The van der Waals surface area contributed by atoms with Gasteiger partial charge in [-0.05, 0) is 51.0 Å². The summed E-state index contributed by atoms with van der Waals surface area (Å²) in [6.07, 6.45) is 0.704. The van der Waals surface area contributed by atoms with Crippen molar-refractivity contribution in [1.29, 1.82) is 0 Å². The standard InChI is InChI=1S/C23H29NO5/c1-4-29-23(2,3)13-14-24-21(25)17-27-20-12-8-11-19(15-20)22(26)28-16-18-9-6-5-7-10-18/h5-12,15H,4,13-14,16-17H2,1-3H3,(H,24,25). The van der Waals surface area contributed by atoms with E-state index in [4.69, 9.17) is 14.2 Å². The van der Waals surface area contributed by atoms with Crippen molar-refractivity contribution in [3.05, 3.63) is 65.7 Å². The second-order valence-corrected chi connectivity index (χ2v) is 7.17. The predicted molar refractivity (Wildman–Crippen MR) is 111 cm³/mol. The van der Waals surface area contributed by atoms with Crippen LogP contribution in [0.2, 0.25) is 0 Å². The molecule has 0 aliphatic rings. The van der Waals surface area contributed by atoms with E-state index in [1.807, 2.05) is 51.1 Å². The lowest BCUT2D eigenvalue weighted by molar-refractivity contribution is -0.123. The number of benzene rings is 2. The lowest BCUT2D eigenvalue weighted by Crippen LogP contribution is -2.35. The monoisotopic (exact) mass is 399 g/mol. The normalized spacial score (nSPS) is 11.0. The molecule has 0 unspecified atom stereocenters. The smallest absolute Gasteiger partial charge is 0.338 e. The molecule has 0 saturated heterocycles. The number of ether oxygens (including phenoxy) is 3. The third-order valence-electron chi connectivity index (χ3n) is 4.24. The molecule has 0 saturated carbocycles. The minimum Gasteiger partial charge on any atom is -0.484 e. The first-order valence-electron chi connectivity index (χ1n) is 9.74. The van der Waals surface area contributed by atoms with Gasteiger partial charge < -0.3 is 19.5 Å². The second-order valence-electron chi connectivity index (χ2n) is 7.17. The van der Waals surface area contributed by atoms with E-state index in [1.54, 1.807) is 24.3 Å². The number of hydrogen-bond acceptors (Lipinski definition) is 5. The quantitative estimate of drug-likeness (QED) is 0.583. The first kappa shape index (κ1) is 22.4. The molecule has 0 spiro atoms. The minimum atomic E-state index is -0.443.